The molecule has 244 valence electrons. The van der Waals surface area contributed by atoms with Gasteiger partial charge in [-0.1, -0.05) is 97.1 Å². The molecule has 6 nitrogen and oxygen atoms in total. The van der Waals surface area contributed by atoms with Crippen LogP contribution < -0.4 is 0 Å². The number of benzene rings is 4. The van der Waals surface area contributed by atoms with E-state index in [-0.39, 0.29) is 5.54 Å². The monoisotopic (exact) mass is 642 g/mol. The number of fused-ring (bicyclic) bond motifs is 1. The Kier molecular flexibility index (Phi) is 7.97. The van der Waals surface area contributed by atoms with Crippen molar-refractivity contribution >= 4 is 10.9 Å². The maximum atomic E-state index is 5.57. The largest absolute Gasteiger partial charge is 0.296 e. The first-order valence-corrected chi connectivity index (χ1v) is 17.3. The summed E-state index contributed by atoms with van der Waals surface area (Å²) in [7, 11) is 0. The highest BCUT2D eigenvalue weighted by Gasteiger charge is 2.41. The van der Waals surface area contributed by atoms with E-state index in [1.165, 1.54) is 6.42 Å². The second-order valence-corrected chi connectivity index (χ2v) is 14.2. The van der Waals surface area contributed by atoms with Crippen LogP contribution in [0.2, 0.25) is 0 Å². The van der Waals surface area contributed by atoms with Crippen molar-refractivity contribution in [3.8, 4) is 22.4 Å². The van der Waals surface area contributed by atoms with Crippen molar-refractivity contribution in [3.63, 3.8) is 0 Å². The second-order valence-electron chi connectivity index (χ2n) is 14.2. The summed E-state index contributed by atoms with van der Waals surface area (Å²) >= 11 is 0. The highest BCUT2D eigenvalue weighted by Crippen LogP contribution is 2.44. The molecule has 0 radical (unpaired) electrons. The summed E-state index contributed by atoms with van der Waals surface area (Å²) in [6.07, 6.45) is 10.3. The third-order valence-electron chi connectivity index (χ3n) is 10.2. The molecule has 1 fully saturated rings. The Balaban J connectivity index is 1.33. The zero-order valence-electron chi connectivity index (χ0n) is 28.4. The van der Waals surface area contributed by atoms with Gasteiger partial charge in [0.25, 0.3) is 0 Å². The van der Waals surface area contributed by atoms with E-state index in [4.69, 9.17) is 10.2 Å². The molecule has 1 aliphatic heterocycles. The highest BCUT2D eigenvalue weighted by atomic mass is 15.3. The Morgan fingerprint density at radius 3 is 1.88 bits per heavy atom. The molecule has 0 spiro atoms. The minimum Gasteiger partial charge on any atom is -0.296 e. The van der Waals surface area contributed by atoms with E-state index >= 15 is 0 Å². The van der Waals surface area contributed by atoms with Crippen molar-refractivity contribution < 1.29 is 0 Å². The summed E-state index contributed by atoms with van der Waals surface area (Å²) in [5.41, 5.74) is 8.07. The van der Waals surface area contributed by atoms with Crippen LogP contribution in [0.3, 0.4) is 0 Å². The van der Waals surface area contributed by atoms with Crippen molar-refractivity contribution in [1.29, 1.82) is 0 Å². The lowest BCUT2D eigenvalue weighted by Crippen LogP contribution is -2.47. The van der Waals surface area contributed by atoms with Gasteiger partial charge >= 0.3 is 0 Å². The fraction of sp³-hybridized carbons (Fsp3) is 0.233. The van der Waals surface area contributed by atoms with E-state index < -0.39 is 5.54 Å². The van der Waals surface area contributed by atoms with Crippen LogP contribution >= 0.6 is 0 Å². The first-order chi connectivity index (χ1) is 23.9. The van der Waals surface area contributed by atoms with E-state index in [1.54, 1.807) is 0 Å². The van der Waals surface area contributed by atoms with Crippen LogP contribution in [0.1, 0.15) is 56.3 Å². The molecule has 7 aromatic rings. The summed E-state index contributed by atoms with van der Waals surface area (Å²) < 4.78 is 4.43. The lowest BCUT2D eigenvalue weighted by molar-refractivity contribution is 0.0785. The number of aromatic nitrogens is 5. The average Bonchev–Trinajstić information content (AvgIpc) is 3.80. The van der Waals surface area contributed by atoms with E-state index in [2.05, 4.69) is 168 Å². The van der Waals surface area contributed by atoms with Crippen LogP contribution in [-0.2, 0) is 5.54 Å². The SMILES string of the molecule is CC(C)(C)N1CCCC(n2cc(-c3ccc4c(c3)c(-c3ccncc3)nn4C(c3ccccc3)(c3ccccc3)c3ccccc3)cn2)C1. The Labute approximate surface area is 288 Å². The van der Waals surface area contributed by atoms with Crippen LogP contribution in [0.4, 0.5) is 0 Å². The standard InChI is InChI=1S/C43H42N6/c1-42(2,3)47-27-13-20-38(31-47)48-30-34(29-45-48)33-21-22-40-39(28-33)41(32-23-25-44-26-24-32)46-49(40)43(35-14-7-4-8-15-35,36-16-9-5-10-17-36)37-18-11-6-12-19-37/h4-12,14-19,21-26,28-30,38H,13,20,27,31H2,1-3H3. The first-order valence-electron chi connectivity index (χ1n) is 17.3. The van der Waals surface area contributed by atoms with Gasteiger partial charge in [-0.3, -0.25) is 14.6 Å². The molecular formula is C43H42N6. The number of pyridine rings is 1. The molecule has 3 aromatic heterocycles. The second kappa shape index (κ2) is 12.6. The molecule has 8 rings (SSSR count). The van der Waals surface area contributed by atoms with E-state index in [9.17, 15) is 0 Å². The predicted molar refractivity (Wildman–Crippen MR) is 198 cm³/mol. The number of hydrogen-bond donors (Lipinski definition) is 0. The molecule has 4 heterocycles. The van der Waals surface area contributed by atoms with Gasteiger partial charge < -0.3 is 0 Å². The lowest BCUT2D eigenvalue weighted by Gasteiger charge is -2.41. The summed E-state index contributed by atoms with van der Waals surface area (Å²) in [5, 5.41) is 11.6. The topological polar surface area (TPSA) is 51.8 Å². The fourth-order valence-corrected chi connectivity index (χ4v) is 7.65. The molecule has 0 bridgehead atoms. The van der Waals surface area contributed by atoms with Gasteiger partial charge in [0, 0.05) is 47.2 Å². The van der Waals surface area contributed by atoms with E-state index in [0.717, 1.165) is 69.5 Å². The number of piperidine rings is 1. The highest BCUT2D eigenvalue weighted by molar-refractivity contribution is 5.96. The quantitative estimate of drug-likeness (QED) is 0.163. The molecule has 0 N–H and O–H groups in total. The van der Waals surface area contributed by atoms with Crippen molar-refractivity contribution in [1.82, 2.24) is 29.4 Å². The summed E-state index contributed by atoms with van der Waals surface area (Å²) in [6, 6.07) is 43.5. The van der Waals surface area contributed by atoms with E-state index in [0.29, 0.717) is 6.04 Å². The maximum absolute atomic E-state index is 5.57. The normalized spacial score (nSPS) is 15.9. The van der Waals surface area contributed by atoms with Crippen LogP contribution in [0.15, 0.2) is 146 Å². The van der Waals surface area contributed by atoms with Gasteiger partial charge in [-0.05, 0) is 86.7 Å². The Bertz CT molecular complexity index is 2070. The molecular weight excluding hydrogens is 601 g/mol. The molecule has 1 unspecified atom stereocenters. The fourth-order valence-electron chi connectivity index (χ4n) is 7.65. The van der Waals surface area contributed by atoms with E-state index in [1.807, 2.05) is 18.6 Å². The summed E-state index contributed by atoms with van der Waals surface area (Å²) in [6.45, 7) is 9.08. The van der Waals surface area contributed by atoms with Gasteiger partial charge in [0.1, 0.15) is 11.2 Å². The molecule has 1 aliphatic rings. The summed E-state index contributed by atoms with van der Waals surface area (Å²) in [4.78, 5) is 6.92. The molecule has 1 atom stereocenters. The van der Waals surface area contributed by atoms with Crippen molar-refractivity contribution in [2.75, 3.05) is 13.1 Å². The molecule has 0 amide bonds. The van der Waals surface area contributed by atoms with Crippen molar-refractivity contribution in [2.45, 2.75) is 50.7 Å². The lowest BCUT2D eigenvalue weighted by atomic mass is 9.77. The van der Waals surface area contributed by atoms with Crippen molar-refractivity contribution in [3.05, 3.63) is 163 Å². The van der Waals surface area contributed by atoms with Gasteiger partial charge in [-0.2, -0.15) is 10.2 Å². The third-order valence-corrected chi connectivity index (χ3v) is 10.2. The smallest absolute Gasteiger partial charge is 0.138 e. The average molecular weight is 643 g/mol. The minimum atomic E-state index is -0.736. The molecule has 0 saturated carbocycles. The van der Waals surface area contributed by atoms with Gasteiger partial charge in [0.15, 0.2) is 0 Å². The molecule has 4 aromatic carbocycles. The Morgan fingerprint density at radius 2 is 1.29 bits per heavy atom. The Morgan fingerprint density at radius 1 is 0.673 bits per heavy atom. The van der Waals surface area contributed by atoms with Crippen LogP contribution in [0, 0.1) is 0 Å². The van der Waals surface area contributed by atoms with Crippen LogP contribution in [-0.4, -0.2) is 48.1 Å². The van der Waals surface area contributed by atoms with Gasteiger partial charge in [0.05, 0.1) is 17.8 Å². The molecule has 49 heavy (non-hydrogen) atoms. The molecule has 0 aliphatic carbocycles. The predicted octanol–water partition coefficient (Wildman–Crippen LogP) is 9.24. The Hall–Kier alpha value is -5.33. The van der Waals surface area contributed by atoms with Gasteiger partial charge in [-0.15, -0.1) is 0 Å². The number of hydrogen-bond acceptors (Lipinski definition) is 4. The minimum absolute atomic E-state index is 0.150. The zero-order valence-corrected chi connectivity index (χ0v) is 28.4. The van der Waals surface area contributed by atoms with Crippen molar-refractivity contribution in [2.24, 2.45) is 0 Å². The number of nitrogens with zero attached hydrogens (tertiary/aromatic N) is 6. The third kappa shape index (κ3) is 5.56. The molecule has 1 saturated heterocycles. The van der Waals surface area contributed by atoms with Gasteiger partial charge in [-0.25, -0.2) is 4.68 Å². The van der Waals surface area contributed by atoms with Crippen LogP contribution in [0.25, 0.3) is 33.3 Å². The van der Waals surface area contributed by atoms with Gasteiger partial charge in [0.2, 0.25) is 0 Å². The summed E-state index contributed by atoms with van der Waals surface area (Å²) in [5.74, 6) is 0. The first kappa shape index (κ1) is 31.0. The maximum Gasteiger partial charge on any atom is 0.138 e. The zero-order chi connectivity index (χ0) is 33.4. The number of rotatable bonds is 7. The molecule has 6 heteroatoms. The van der Waals surface area contributed by atoms with Crippen LogP contribution in [0.5, 0.6) is 0 Å². The number of likely N-dealkylation sites (tertiary alicyclic amines) is 1.